The Morgan fingerprint density at radius 1 is 1.47 bits per heavy atom. The predicted molar refractivity (Wildman–Crippen MR) is 60.0 cm³/mol. The molecule has 15 heavy (non-hydrogen) atoms. The van der Waals surface area contributed by atoms with Gasteiger partial charge in [-0.2, -0.15) is 0 Å². The van der Waals surface area contributed by atoms with Gasteiger partial charge in [-0.15, -0.1) is 12.3 Å². The molecular weight excluding hydrogens is 235 g/mol. The van der Waals surface area contributed by atoms with E-state index in [1.165, 1.54) is 12.1 Å². The first-order valence-electron chi connectivity index (χ1n) is 4.18. The number of hydrogen-bond acceptors (Lipinski definition) is 2. The summed E-state index contributed by atoms with van der Waals surface area (Å²) in [6.07, 6.45) is 5.53. The SMILES string of the molecule is C#CCCNC(=O)c1cc(Cl)nc(Cl)c1. The molecular formula is C10H8Cl2N2O. The maximum absolute atomic E-state index is 11.5. The molecule has 0 bridgehead atoms. The number of nitrogens with zero attached hydrogens (tertiary/aromatic N) is 1. The number of halogens is 2. The lowest BCUT2D eigenvalue weighted by atomic mass is 10.2. The van der Waals surface area contributed by atoms with E-state index in [1.807, 2.05) is 0 Å². The Labute approximate surface area is 97.8 Å². The van der Waals surface area contributed by atoms with E-state index in [4.69, 9.17) is 29.6 Å². The Morgan fingerprint density at radius 2 is 2.07 bits per heavy atom. The molecule has 1 N–H and O–H groups in total. The van der Waals surface area contributed by atoms with Crippen LogP contribution in [0.25, 0.3) is 0 Å². The van der Waals surface area contributed by atoms with Crippen molar-refractivity contribution in [2.45, 2.75) is 6.42 Å². The summed E-state index contributed by atoms with van der Waals surface area (Å²) in [5, 5.41) is 3.00. The van der Waals surface area contributed by atoms with Crippen LogP contribution in [0, 0.1) is 12.3 Å². The average molecular weight is 243 g/mol. The smallest absolute Gasteiger partial charge is 0.251 e. The summed E-state index contributed by atoms with van der Waals surface area (Å²) < 4.78 is 0. The number of hydrogen-bond donors (Lipinski definition) is 1. The Hall–Kier alpha value is -1.24. The number of carbonyl (C=O) groups excluding carboxylic acids is 1. The van der Waals surface area contributed by atoms with Gasteiger partial charge in [-0.25, -0.2) is 4.98 Å². The van der Waals surface area contributed by atoms with Crippen LogP contribution in [0.15, 0.2) is 12.1 Å². The molecule has 0 saturated heterocycles. The minimum Gasteiger partial charge on any atom is -0.351 e. The zero-order chi connectivity index (χ0) is 11.3. The summed E-state index contributed by atoms with van der Waals surface area (Å²) >= 11 is 11.3. The topological polar surface area (TPSA) is 42.0 Å². The number of aromatic nitrogens is 1. The van der Waals surface area contributed by atoms with Crippen molar-refractivity contribution in [3.8, 4) is 12.3 Å². The lowest BCUT2D eigenvalue weighted by Crippen LogP contribution is -2.24. The van der Waals surface area contributed by atoms with Gasteiger partial charge in [0.2, 0.25) is 0 Å². The van der Waals surface area contributed by atoms with Crippen molar-refractivity contribution in [2.75, 3.05) is 6.54 Å². The second-order valence-corrected chi connectivity index (χ2v) is 3.49. The van der Waals surface area contributed by atoms with Crippen molar-refractivity contribution in [2.24, 2.45) is 0 Å². The molecule has 0 aromatic carbocycles. The van der Waals surface area contributed by atoms with Gasteiger partial charge in [-0.05, 0) is 12.1 Å². The van der Waals surface area contributed by atoms with Gasteiger partial charge < -0.3 is 5.32 Å². The van der Waals surface area contributed by atoms with Crippen LogP contribution in [0.1, 0.15) is 16.8 Å². The normalized spacial score (nSPS) is 9.40. The van der Waals surface area contributed by atoms with Gasteiger partial charge in [-0.1, -0.05) is 23.2 Å². The number of carbonyl (C=O) groups is 1. The van der Waals surface area contributed by atoms with E-state index in [2.05, 4.69) is 16.2 Å². The number of amides is 1. The molecule has 1 amide bonds. The van der Waals surface area contributed by atoms with Crippen LogP contribution >= 0.6 is 23.2 Å². The highest BCUT2D eigenvalue weighted by Gasteiger charge is 2.07. The Bertz CT molecular complexity index is 392. The first-order chi connectivity index (χ1) is 7.13. The maximum Gasteiger partial charge on any atom is 0.251 e. The van der Waals surface area contributed by atoms with E-state index in [-0.39, 0.29) is 16.2 Å². The summed E-state index contributed by atoms with van der Waals surface area (Å²) in [7, 11) is 0. The molecule has 3 nitrogen and oxygen atoms in total. The highest BCUT2D eigenvalue weighted by molar-refractivity contribution is 6.33. The van der Waals surface area contributed by atoms with E-state index in [0.29, 0.717) is 18.5 Å². The van der Waals surface area contributed by atoms with Crippen molar-refractivity contribution < 1.29 is 4.79 Å². The van der Waals surface area contributed by atoms with Gasteiger partial charge in [0.05, 0.1) is 0 Å². The molecule has 1 heterocycles. The van der Waals surface area contributed by atoms with Crippen molar-refractivity contribution >= 4 is 29.1 Å². The minimum atomic E-state index is -0.267. The molecule has 0 aliphatic heterocycles. The average Bonchev–Trinajstić information content (AvgIpc) is 2.16. The second kappa shape index (κ2) is 5.59. The zero-order valence-electron chi connectivity index (χ0n) is 7.76. The molecule has 0 fully saturated rings. The molecule has 0 spiro atoms. The van der Waals surface area contributed by atoms with Crippen LogP contribution in [-0.2, 0) is 0 Å². The van der Waals surface area contributed by atoms with Crippen LogP contribution < -0.4 is 5.32 Å². The summed E-state index contributed by atoms with van der Waals surface area (Å²) in [6, 6.07) is 2.89. The Morgan fingerprint density at radius 3 is 2.60 bits per heavy atom. The third kappa shape index (κ3) is 3.78. The first-order valence-corrected chi connectivity index (χ1v) is 4.94. The molecule has 0 saturated carbocycles. The molecule has 1 rings (SSSR count). The third-order valence-electron chi connectivity index (χ3n) is 1.58. The van der Waals surface area contributed by atoms with Crippen LogP contribution in [0.5, 0.6) is 0 Å². The van der Waals surface area contributed by atoms with Crippen LogP contribution in [0.3, 0.4) is 0 Å². The van der Waals surface area contributed by atoms with Crippen LogP contribution in [-0.4, -0.2) is 17.4 Å². The molecule has 0 aliphatic carbocycles. The number of nitrogens with one attached hydrogen (secondary N) is 1. The second-order valence-electron chi connectivity index (χ2n) is 2.71. The maximum atomic E-state index is 11.5. The number of rotatable bonds is 3. The molecule has 0 radical (unpaired) electrons. The van der Waals surface area contributed by atoms with Crippen molar-refractivity contribution in [3.63, 3.8) is 0 Å². The zero-order valence-corrected chi connectivity index (χ0v) is 9.27. The Kier molecular flexibility index (Phi) is 4.41. The van der Waals surface area contributed by atoms with Crippen LogP contribution in [0.4, 0.5) is 0 Å². The van der Waals surface area contributed by atoms with Gasteiger partial charge >= 0.3 is 0 Å². The highest BCUT2D eigenvalue weighted by Crippen LogP contribution is 2.14. The minimum absolute atomic E-state index is 0.185. The fraction of sp³-hybridized carbons (Fsp3) is 0.200. The van der Waals surface area contributed by atoms with Crippen LogP contribution in [0.2, 0.25) is 10.3 Å². The number of terminal acetylenes is 1. The summed E-state index contributed by atoms with van der Waals surface area (Å²) in [5.74, 6) is 2.15. The summed E-state index contributed by atoms with van der Waals surface area (Å²) in [5.41, 5.74) is 0.372. The van der Waals surface area contributed by atoms with E-state index in [0.717, 1.165) is 0 Å². The van der Waals surface area contributed by atoms with Gasteiger partial charge in [0.15, 0.2) is 0 Å². The standard InChI is InChI=1S/C10H8Cl2N2O/c1-2-3-4-13-10(15)7-5-8(11)14-9(12)6-7/h1,5-6H,3-4H2,(H,13,15). The third-order valence-corrected chi connectivity index (χ3v) is 1.97. The van der Waals surface area contributed by atoms with E-state index >= 15 is 0 Å². The molecule has 1 aromatic rings. The summed E-state index contributed by atoms with van der Waals surface area (Å²) in [4.78, 5) is 15.2. The van der Waals surface area contributed by atoms with E-state index in [1.54, 1.807) is 0 Å². The summed E-state index contributed by atoms with van der Waals surface area (Å²) in [6.45, 7) is 0.424. The van der Waals surface area contributed by atoms with Crippen molar-refractivity contribution in [3.05, 3.63) is 28.0 Å². The molecule has 0 aliphatic rings. The first kappa shape index (κ1) is 11.8. The van der Waals surface area contributed by atoms with Gasteiger partial charge in [-0.3, -0.25) is 4.79 Å². The lowest BCUT2D eigenvalue weighted by molar-refractivity contribution is 0.0954. The van der Waals surface area contributed by atoms with Gasteiger partial charge in [0, 0.05) is 18.5 Å². The molecule has 0 unspecified atom stereocenters. The largest absolute Gasteiger partial charge is 0.351 e. The quantitative estimate of drug-likeness (QED) is 0.502. The highest BCUT2D eigenvalue weighted by atomic mass is 35.5. The molecule has 1 aromatic heterocycles. The Balaban J connectivity index is 2.70. The fourth-order valence-corrected chi connectivity index (χ4v) is 1.41. The lowest BCUT2D eigenvalue weighted by Gasteiger charge is -2.03. The molecule has 0 atom stereocenters. The monoisotopic (exact) mass is 242 g/mol. The predicted octanol–water partition coefficient (Wildman–Crippen LogP) is 2.14. The van der Waals surface area contributed by atoms with Crippen molar-refractivity contribution in [1.29, 1.82) is 0 Å². The van der Waals surface area contributed by atoms with E-state index < -0.39 is 0 Å². The number of pyridine rings is 1. The van der Waals surface area contributed by atoms with Gasteiger partial charge in [0.1, 0.15) is 10.3 Å². The van der Waals surface area contributed by atoms with Crippen molar-refractivity contribution in [1.82, 2.24) is 10.3 Å². The van der Waals surface area contributed by atoms with Gasteiger partial charge in [0.25, 0.3) is 5.91 Å². The van der Waals surface area contributed by atoms with E-state index in [9.17, 15) is 4.79 Å². The molecule has 78 valence electrons. The fourth-order valence-electron chi connectivity index (χ4n) is 0.946. The molecule has 5 heteroatoms.